The monoisotopic (exact) mass is 1420 g/mol. The molecule has 14 nitrogen and oxygen atoms in total. The third-order valence-corrected chi connectivity index (χ3v) is 12.3. The summed E-state index contributed by atoms with van der Waals surface area (Å²) in [5, 5.41) is 10.4. The Labute approximate surface area is 631 Å². The van der Waals surface area contributed by atoms with Crippen molar-refractivity contribution in [3.63, 3.8) is 0 Å². The highest BCUT2D eigenvalue weighted by Crippen LogP contribution is 2.25. The first-order valence-corrected chi connectivity index (χ1v) is 37.3. The van der Waals surface area contributed by atoms with Crippen LogP contribution in [0, 0.1) is 27.6 Å². The first-order valence-electron chi connectivity index (χ1n) is 37.3. The van der Waals surface area contributed by atoms with Gasteiger partial charge < -0.3 is 23.2 Å². The van der Waals surface area contributed by atoms with Gasteiger partial charge in [-0.1, -0.05) is 234 Å². The molecule has 0 unspecified atom stereocenters. The Hall–Kier alpha value is -9.04. The molecule has 13 aromatic rings. The third-order valence-electron chi connectivity index (χ3n) is 12.3. The molecule has 10 aromatic heterocycles. The van der Waals surface area contributed by atoms with Gasteiger partial charge in [-0.2, -0.15) is 5.10 Å². The molecule has 3 aromatic carbocycles. The highest BCUT2D eigenvalue weighted by Gasteiger charge is 2.16. The summed E-state index contributed by atoms with van der Waals surface area (Å²) in [5.74, 6) is 0.833. The molecule has 0 bridgehead atoms. The van der Waals surface area contributed by atoms with Crippen molar-refractivity contribution in [3.8, 4) is 0 Å². The van der Waals surface area contributed by atoms with Crippen LogP contribution in [0.2, 0.25) is 0 Å². The van der Waals surface area contributed by atoms with E-state index >= 15 is 0 Å². The molecule has 0 N–H and O–H groups in total. The molecule has 0 saturated carbocycles. The van der Waals surface area contributed by atoms with Crippen LogP contribution in [0.5, 0.6) is 0 Å². The van der Waals surface area contributed by atoms with Crippen LogP contribution in [0.25, 0.3) is 65.8 Å². The average molecular weight is 1420 g/mol. The van der Waals surface area contributed by atoms with Crippen molar-refractivity contribution in [1.82, 2.24) is 62.9 Å². The van der Waals surface area contributed by atoms with Gasteiger partial charge in [0.05, 0.1) is 52.5 Å². The molecule has 1 aliphatic rings. The van der Waals surface area contributed by atoms with Crippen molar-refractivity contribution in [2.24, 2.45) is 55.8 Å². The second-order valence-corrected chi connectivity index (χ2v) is 32.5. The smallest absolute Gasteiger partial charge is 0.162 e. The maximum atomic E-state index is 4.38. The van der Waals surface area contributed by atoms with Crippen molar-refractivity contribution in [2.45, 2.75) is 212 Å². The van der Waals surface area contributed by atoms with Crippen LogP contribution >= 0.6 is 0 Å². The summed E-state index contributed by atoms with van der Waals surface area (Å²) < 4.78 is 10.1. The Bertz CT molecular complexity index is 3860. The topological polar surface area (TPSA) is 131 Å². The summed E-state index contributed by atoms with van der Waals surface area (Å²) in [6.07, 6.45) is 26.5. The summed E-state index contributed by atoms with van der Waals surface area (Å²) in [5.41, 5.74) is 12.4. The van der Waals surface area contributed by atoms with Gasteiger partial charge in [-0.05, 0) is 133 Å². The van der Waals surface area contributed by atoms with E-state index in [1.165, 1.54) is 80.4 Å². The van der Waals surface area contributed by atoms with Crippen molar-refractivity contribution in [1.29, 1.82) is 0 Å². The molecule has 14 rings (SSSR count). The molecule has 0 radical (unpaired) electrons. The summed E-state index contributed by atoms with van der Waals surface area (Å²) >= 11 is 0. The van der Waals surface area contributed by atoms with Gasteiger partial charge in [0, 0.05) is 124 Å². The normalized spacial score (nSPS) is 11.1. The van der Waals surface area contributed by atoms with Crippen LogP contribution in [0.3, 0.4) is 0 Å². The third kappa shape index (κ3) is 42.5. The van der Waals surface area contributed by atoms with Crippen LogP contribution in [-0.4, -0.2) is 76.5 Å². The van der Waals surface area contributed by atoms with Gasteiger partial charge >= 0.3 is 0 Å². The second-order valence-electron chi connectivity index (χ2n) is 32.5. The molecule has 570 valence electrons. The minimum absolute atomic E-state index is 0.0586. The van der Waals surface area contributed by atoms with E-state index in [1.54, 1.807) is 12.5 Å². The molecule has 1 aliphatic heterocycles. The Morgan fingerprint density at radius 1 is 0.356 bits per heavy atom. The number of rotatable bonds is 0. The lowest BCUT2D eigenvalue weighted by Gasteiger charge is -2.26. The standard InChI is InChI=1S/C11H14N2.C10H13N.C9H7N.3C8H8N2.C6H6N4.4C5H12.C4H10.3C2H6/c1-11(2,3)13-10-7-5-4-6-9(10)8-12-13;1-11-8-4-6-9-5-2-3-7-10(9)11;1-2-6-9-8(4-1)5-3-7-10-9;1-10-5-3-7-6-9-4-2-8(7)10;1-10-5-3-7-2-4-9-6-8(7)10;1-10-6-4-7-3-2-5-9-8(7)10;1-10-4-9-5-2-7-3-8-6(5)10;4*1-5(2,3)4;1-4(2)3;3*1-2/h4-8H,1-3H3;2-3,5,7H,4,6,8H2,1H3;1-7H;3*2-6H,1H3;2-4H,1H3;4*1-4H3;4H,1-3H3;3*1-2H3. The summed E-state index contributed by atoms with van der Waals surface area (Å²) in [6, 6.07) is 43.2. The van der Waals surface area contributed by atoms with Gasteiger partial charge in [0.25, 0.3) is 0 Å². The van der Waals surface area contributed by atoms with Gasteiger partial charge in [-0.25, -0.2) is 19.9 Å². The van der Waals surface area contributed by atoms with Crippen LogP contribution in [0.4, 0.5) is 5.69 Å². The molecule has 0 atom stereocenters. The number of fused-ring (bicyclic) bond motifs is 7. The minimum Gasteiger partial charge on any atom is -0.374 e. The van der Waals surface area contributed by atoms with E-state index in [4.69, 9.17) is 0 Å². The highest BCUT2D eigenvalue weighted by molar-refractivity contribution is 5.81. The van der Waals surface area contributed by atoms with Crippen LogP contribution in [0.1, 0.15) is 206 Å². The maximum Gasteiger partial charge on any atom is 0.162 e. The van der Waals surface area contributed by atoms with Crippen molar-refractivity contribution in [3.05, 3.63) is 214 Å². The van der Waals surface area contributed by atoms with Gasteiger partial charge in [-0.3, -0.25) is 19.6 Å². The second kappa shape index (κ2) is 48.8. The minimum atomic E-state index is 0.0586. The number of hydrogen-bond donors (Lipinski definition) is 0. The Morgan fingerprint density at radius 3 is 1.36 bits per heavy atom. The number of pyridine rings is 4. The molecule has 0 amide bonds. The highest BCUT2D eigenvalue weighted by atomic mass is 15.3. The maximum absolute atomic E-state index is 4.38. The predicted molar refractivity (Wildman–Crippen MR) is 458 cm³/mol. The van der Waals surface area contributed by atoms with E-state index < -0.39 is 0 Å². The predicted octanol–water partition coefficient (Wildman–Crippen LogP) is 25.1. The fourth-order valence-electron chi connectivity index (χ4n) is 8.45. The zero-order valence-corrected chi connectivity index (χ0v) is 71.1. The van der Waals surface area contributed by atoms with Gasteiger partial charge in [0.15, 0.2) is 5.65 Å². The van der Waals surface area contributed by atoms with E-state index in [0.717, 1.165) is 28.2 Å². The first kappa shape index (κ1) is 95.0. The van der Waals surface area contributed by atoms with Crippen LogP contribution in [-0.2, 0) is 40.2 Å². The Balaban J connectivity index is 0.00000112. The Kier molecular flexibility index (Phi) is 44.6. The molecule has 0 fully saturated rings. The van der Waals surface area contributed by atoms with Gasteiger partial charge in [0.2, 0.25) is 0 Å². The number of hydrogen-bond acceptors (Lipinski definition) is 9. The average Bonchev–Trinajstić information content (AvgIpc) is 1.66. The molecule has 0 saturated heterocycles. The van der Waals surface area contributed by atoms with Crippen LogP contribution in [0.15, 0.2) is 208 Å². The lowest BCUT2D eigenvalue weighted by molar-refractivity contribution is 0.368. The molecular formula is C90H140N14. The van der Waals surface area contributed by atoms with Crippen molar-refractivity contribution >= 4 is 71.5 Å². The summed E-state index contributed by atoms with van der Waals surface area (Å²) in [6.45, 7) is 61.2. The van der Waals surface area contributed by atoms with E-state index in [2.05, 4.69) is 291 Å². The summed E-state index contributed by atoms with van der Waals surface area (Å²) in [7, 11) is 10.1. The van der Waals surface area contributed by atoms with E-state index in [-0.39, 0.29) is 5.54 Å². The van der Waals surface area contributed by atoms with E-state index in [1.807, 2.05) is 195 Å². The summed E-state index contributed by atoms with van der Waals surface area (Å²) in [4.78, 5) is 30.7. The number of aromatic nitrogens is 13. The Morgan fingerprint density at radius 2 is 0.817 bits per heavy atom. The van der Waals surface area contributed by atoms with E-state index in [9.17, 15) is 0 Å². The van der Waals surface area contributed by atoms with E-state index in [0.29, 0.717) is 21.7 Å². The molecule has 0 aliphatic carbocycles. The zero-order valence-electron chi connectivity index (χ0n) is 71.1. The lowest BCUT2D eigenvalue weighted by atomic mass is 10.0. The molecule has 0 spiro atoms. The number of imidazole rings is 1. The first-order chi connectivity index (χ1) is 48.7. The zero-order chi connectivity index (χ0) is 79.4. The number of nitrogens with zero attached hydrogens (tertiary/aromatic N) is 14. The molecule has 14 heteroatoms. The number of benzene rings is 3. The molecule has 11 heterocycles. The van der Waals surface area contributed by atoms with Crippen molar-refractivity contribution in [2.75, 3.05) is 18.5 Å². The van der Waals surface area contributed by atoms with Gasteiger partial charge in [0.1, 0.15) is 17.5 Å². The molecular weight excluding hydrogens is 1280 g/mol. The van der Waals surface area contributed by atoms with Gasteiger partial charge in [-0.15, -0.1) is 0 Å². The fourth-order valence-corrected chi connectivity index (χ4v) is 8.45. The van der Waals surface area contributed by atoms with Crippen LogP contribution < -0.4 is 4.90 Å². The SMILES string of the molecule is CC.CC.CC.CC(C)(C)C.CC(C)(C)C.CC(C)(C)C.CC(C)(C)C.CC(C)(C)n1ncc2ccccc21.CC(C)C.CN1CCCc2ccccc21.Cn1ccc2cccnc21.Cn1ccc2ccncc21.Cn1ccc2cnccc21.Cn1cnc2cncnc21.c1ccc2ncccc2c1. The number of para-hydroxylation sites is 3. The number of aryl methyl sites for hydroxylation is 5. The number of anilines is 1. The largest absolute Gasteiger partial charge is 0.374 e. The lowest BCUT2D eigenvalue weighted by Crippen LogP contribution is -2.24. The quantitative estimate of drug-likeness (QED) is 0.146. The fraction of sp³-hybridized carbons (Fsp3) is 0.467. The van der Waals surface area contributed by atoms with Crippen molar-refractivity contribution < 1.29 is 0 Å². The molecule has 104 heavy (non-hydrogen) atoms.